The summed E-state index contributed by atoms with van der Waals surface area (Å²) in [5.41, 5.74) is 0.165. The Morgan fingerprint density at radius 3 is 2.67 bits per heavy atom. The Labute approximate surface area is 112 Å². The second-order valence-electron chi connectivity index (χ2n) is 3.49. The molecule has 0 heterocycles. The zero-order valence-corrected chi connectivity index (χ0v) is 11.1. The molecule has 0 aliphatic carbocycles. The quantitative estimate of drug-likeness (QED) is 0.752. The Bertz CT molecular complexity index is 463. The van der Waals surface area contributed by atoms with E-state index in [1.807, 2.05) is 0 Å². The van der Waals surface area contributed by atoms with Crippen LogP contribution in [0.3, 0.4) is 0 Å². The molecule has 98 valence electrons. The number of aromatic hydroxyl groups is 1. The molecule has 6 nitrogen and oxygen atoms in total. The van der Waals surface area contributed by atoms with Crippen LogP contribution in [0.5, 0.6) is 5.75 Å². The van der Waals surface area contributed by atoms with Gasteiger partial charge in [-0.1, -0.05) is 0 Å². The molecule has 1 rings (SSSR count). The summed E-state index contributed by atoms with van der Waals surface area (Å²) in [4.78, 5) is 22.6. The third-order valence-corrected chi connectivity index (χ3v) is 2.82. The van der Waals surface area contributed by atoms with Gasteiger partial charge in [-0.05, 0) is 34.1 Å². The van der Waals surface area contributed by atoms with Crippen molar-refractivity contribution in [3.63, 3.8) is 0 Å². The van der Waals surface area contributed by atoms with Crippen LogP contribution in [0.4, 0.5) is 0 Å². The van der Waals surface area contributed by atoms with Crippen molar-refractivity contribution in [1.29, 1.82) is 0 Å². The van der Waals surface area contributed by atoms with E-state index in [1.165, 1.54) is 25.3 Å². The average Bonchev–Trinajstić information content (AvgIpc) is 2.31. The van der Waals surface area contributed by atoms with E-state index in [9.17, 15) is 14.7 Å². The number of methoxy groups -OCH3 is 1. The number of hydrogen-bond acceptors (Lipinski definition) is 4. The average molecular weight is 318 g/mol. The number of phenols is 1. The molecule has 0 aliphatic rings. The smallest absolute Gasteiger partial charge is 0.328 e. The lowest BCUT2D eigenvalue weighted by molar-refractivity contribution is -0.140. The molecule has 0 saturated carbocycles. The largest absolute Gasteiger partial charge is 0.507 e. The maximum Gasteiger partial charge on any atom is 0.328 e. The predicted molar refractivity (Wildman–Crippen MR) is 66.6 cm³/mol. The highest BCUT2D eigenvalue weighted by Crippen LogP contribution is 2.24. The second-order valence-corrected chi connectivity index (χ2v) is 4.34. The van der Waals surface area contributed by atoms with Crippen molar-refractivity contribution in [2.24, 2.45) is 0 Å². The van der Waals surface area contributed by atoms with Crippen LogP contribution in [0.2, 0.25) is 0 Å². The fraction of sp³-hybridized carbons (Fsp3) is 0.273. The number of carboxylic acid groups (broad SMARTS) is 1. The third-order valence-electron chi connectivity index (χ3n) is 2.15. The summed E-state index contributed by atoms with van der Waals surface area (Å²) in [5, 5.41) is 20.6. The Hall–Kier alpha value is -1.60. The Morgan fingerprint density at radius 1 is 1.50 bits per heavy atom. The lowest BCUT2D eigenvalue weighted by atomic mass is 10.2. The standard InChI is InChI=1S/C11H12BrNO5/c1-18-5-8(11(16)17)13-10(15)6-2-3-7(12)9(14)4-6/h2-4,8,14H,5H2,1H3,(H,13,15)(H,16,17). The van der Waals surface area contributed by atoms with E-state index in [1.54, 1.807) is 0 Å². The van der Waals surface area contributed by atoms with Gasteiger partial charge in [0.05, 0.1) is 11.1 Å². The minimum Gasteiger partial charge on any atom is -0.507 e. The third kappa shape index (κ3) is 3.71. The van der Waals surface area contributed by atoms with Crippen LogP contribution in [0.15, 0.2) is 22.7 Å². The number of aliphatic carboxylic acids is 1. The summed E-state index contributed by atoms with van der Waals surface area (Å²) in [5.74, 6) is -1.88. The lowest BCUT2D eigenvalue weighted by Crippen LogP contribution is -2.43. The number of carbonyl (C=O) groups excluding carboxylic acids is 1. The molecule has 0 fully saturated rings. The van der Waals surface area contributed by atoms with Gasteiger partial charge in [0.15, 0.2) is 6.04 Å². The van der Waals surface area contributed by atoms with E-state index >= 15 is 0 Å². The number of nitrogens with one attached hydrogen (secondary N) is 1. The van der Waals surface area contributed by atoms with Crippen molar-refractivity contribution in [3.05, 3.63) is 28.2 Å². The van der Waals surface area contributed by atoms with Crippen molar-refractivity contribution in [2.75, 3.05) is 13.7 Å². The highest BCUT2D eigenvalue weighted by atomic mass is 79.9. The number of phenolic OH excluding ortho intramolecular Hbond substituents is 1. The summed E-state index contributed by atoms with van der Waals surface area (Å²) in [7, 11) is 1.34. The van der Waals surface area contributed by atoms with E-state index < -0.39 is 17.9 Å². The summed E-state index contributed by atoms with van der Waals surface area (Å²) < 4.78 is 5.14. The lowest BCUT2D eigenvalue weighted by Gasteiger charge is -2.13. The summed E-state index contributed by atoms with van der Waals surface area (Å²) in [6, 6.07) is 3.07. The molecule has 1 aromatic carbocycles. The van der Waals surface area contributed by atoms with E-state index in [0.717, 1.165) is 0 Å². The van der Waals surface area contributed by atoms with Crippen LogP contribution in [0, 0.1) is 0 Å². The molecule has 0 aromatic heterocycles. The monoisotopic (exact) mass is 317 g/mol. The van der Waals surface area contributed by atoms with E-state index in [2.05, 4.69) is 21.2 Å². The van der Waals surface area contributed by atoms with Gasteiger partial charge in [-0.15, -0.1) is 0 Å². The first kappa shape index (κ1) is 14.5. The van der Waals surface area contributed by atoms with Crippen LogP contribution < -0.4 is 5.32 Å². The predicted octanol–water partition coefficient (Wildman–Crippen LogP) is 0.984. The summed E-state index contributed by atoms with van der Waals surface area (Å²) >= 11 is 3.08. The molecule has 1 unspecified atom stereocenters. The van der Waals surface area contributed by atoms with Crippen LogP contribution in [-0.4, -0.2) is 41.8 Å². The van der Waals surface area contributed by atoms with Gasteiger partial charge < -0.3 is 20.3 Å². The summed E-state index contributed by atoms with van der Waals surface area (Å²) in [6.07, 6.45) is 0. The molecule has 18 heavy (non-hydrogen) atoms. The van der Waals surface area contributed by atoms with E-state index in [-0.39, 0.29) is 17.9 Å². The molecule has 0 aliphatic heterocycles. The maximum atomic E-state index is 11.7. The molecule has 0 bridgehead atoms. The van der Waals surface area contributed by atoms with E-state index in [4.69, 9.17) is 9.84 Å². The van der Waals surface area contributed by atoms with Gasteiger partial charge in [0.2, 0.25) is 0 Å². The fourth-order valence-electron chi connectivity index (χ4n) is 1.24. The molecule has 7 heteroatoms. The van der Waals surface area contributed by atoms with Crippen LogP contribution in [0.25, 0.3) is 0 Å². The maximum absolute atomic E-state index is 11.7. The minimum atomic E-state index is -1.19. The molecular weight excluding hydrogens is 306 g/mol. The van der Waals surface area contributed by atoms with Crippen molar-refractivity contribution < 1.29 is 24.5 Å². The molecule has 1 amide bonds. The number of halogens is 1. The van der Waals surface area contributed by atoms with Crippen LogP contribution >= 0.6 is 15.9 Å². The fourth-order valence-corrected chi connectivity index (χ4v) is 1.48. The Balaban J connectivity index is 2.80. The zero-order chi connectivity index (χ0) is 13.7. The molecule has 3 N–H and O–H groups in total. The summed E-state index contributed by atoms with van der Waals surface area (Å²) in [6.45, 7) is -0.135. The van der Waals surface area contributed by atoms with Crippen LogP contribution in [-0.2, 0) is 9.53 Å². The highest BCUT2D eigenvalue weighted by molar-refractivity contribution is 9.10. The number of amides is 1. The first-order valence-corrected chi connectivity index (χ1v) is 5.76. The molecule has 1 aromatic rings. The molecular formula is C11H12BrNO5. The normalized spacial score (nSPS) is 11.9. The van der Waals surface area contributed by atoms with Crippen molar-refractivity contribution in [2.45, 2.75) is 6.04 Å². The number of carbonyl (C=O) groups is 2. The SMILES string of the molecule is COCC(NC(=O)c1ccc(Br)c(O)c1)C(=O)O. The first-order valence-electron chi connectivity index (χ1n) is 4.96. The topological polar surface area (TPSA) is 95.9 Å². The number of carboxylic acids is 1. The number of benzene rings is 1. The van der Waals surface area contributed by atoms with Crippen molar-refractivity contribution in [1.82, 2.24) is 5.32 Å². The van der Waals surface area contributed by atoms with Gasteiger partial charge in [-0.3, -0.25) is 4.79 Å². The number of ether oxygens (including phenoxy) is 1. The van der Waals surface area contributed by atoms with Gasteiger partial charge in [-0.25, -0.2) is 4.79 Å². The van der Waals surface area contributed by atoms with Gasteiger partial charge in [0.1, 0.15) is 5.75 Å². The van der Waals surface area contributed by atoms with Gasteiger partial charge in [0, 0.05) is 12.7 Å². The second kappa shape index (κ2) is 6.36. The van der Waals surface area contributed by atoms with Crippen LogP contribution in [0.1, 0.15) is 10.4 Å². The van der Waals surface area contributed by atoms with Gasteiger partial charge in [-0.2, -0.15) is 0 Å². The van der Waals surface area contributed by atoms with E-state index in [0.29, 0.717) is 4.47 Å². The van der Waals surface area contributed by atoms with Gasteiger partial charge >= 0.3 is 5.97 Å². The Morgan fingerprint density at radius 2 is 2.17 bits per heavy atom. The van der Waals surface area contributed by atoms with Crippen molar-refractivity contribution >= 4 is 27.8 Å². The molecule has 1 atom stereocenters. The van der Waals surface area contributed by atoms with Crippen molar-refractivity contribution in [3.8, 4) is 5.75 Å². The minimum absolute atomic E-state index is 0.0960. The highest BCUT2D eigenvalue weighted by Gasteiger charge is 2.20. The van der Waals surface area contributed by atoms with Gasteiger partial charge in [0.25, 0.3) is 5.91 Å². The number of hydrogen-bond donors (Lipinski definition) is 3. The number of rotatable bonds is 5. The zero-order valence-electron chi connectivity index (χ0n) is 9.51. The molecule has 0 saturated heterocycles. The molecule has 0 radical (unpaired) electrons. The first-order chi connectivity index (χ1) is 8.45. The molecule has 0 spiro atoms. The Kier molecular flexibility index (Phi) is 5.11.